The van der Waals surface area contributed by atoms with E-state index in [-0.39, 0.29) is 5.60 Å². The zero-order valence-corrected chi connectivity index (χ0v) is 8.43. The summed E-state index contributed by atoms with van der Waals surface area (Å²) in [6.45, 7) is 4.04. The van der Waals surface area contributed by atoms with Gasteiger partial charge in [0.25, 0.3) is 6.26 Å². The minimum Gasteiger partial charge on any atom is -0.474 e. The van der Waals surface area contributed by atoms with Gasteiger partial charge in [0.2, 0.25) is 0 Å². The number of carbonyl (C=O) groups excluding carboxylic acids is 1. The van der Waals surface area contributed by atoms with E-state index in [1.54, 1.807) is 5.94 Å². The molecule has 1 radical (unpaired) electrons. The van der Waals surface area contributed by atoms with Gasteiger partial charge in [-0.2, -0.15) is 0 Å². The molecule has 0 unspecified atom stereocenters. The van der Waals surface area contributed by atoms with Gasteiger partial charge in [-0.15, -0.1) is 0 Å². The zero-order valence-electron chi connectivity index (χ0n) is 8.43. The molecule has 2 nitrogen and oxygen atoms in total. The molecule has 0 spiro atoms. The Bertz CT molecular complexity index is 196. The number of ether oxygens (including phenoxy) is 1. The van der Waals surface area contributed by atoms with Gasteiger partial charge in [-0.3, -0.25) is 0 Å². The molecule has 0 aromatic carbocycles. The first-order valence-corrected chi connectivity index (χ1v) is 4.97. The van der Waals surface area contributed by atoms with Crippen LogP contribution in [0.5, 0.6) is 0 Å². The second kappa shape index (κ2) is 4.48. The van der Waals surface area contributed by atoms with Crippen molar-refractivity contribution < 1.29 is 9.53 Å². The van der Waals surface area contributed by atoms with Crippen LogP contribution in [0.2, 0.25) is 0 Å². The number of hydrogen-bond acceptors (Lipinski definition) is 2. The molecule has 0 N–H and O–H groups in total. The third kappa shape index (κ3) is 2.89. The monoisotopic (exact) mass is 181 g/mol. The van der Waals surface area contributed by atoms with Crippen LogP contribution in [0.15, 0.2) is 0 Å². The average Bonchev–Trinajstić information content (AvgIpc) is 2.16. The maximum absolute atomic E-state index is 9.97. The fourth-order valence-corrected chi connectivity index (χ4v) is 2.03. The lowest BCUT2D eigenvalue weighted by Gasteiger charge is -2.35. The third-order valence-corrected chi connectivity index (χ3v) is 2.94. The van der Waals surface area contributed by atoms with Crippen molar-refractivity contribution in [3.05, 3.63) is 6.26 Å². The highest BCUT2D eigenvalue weighted by atomic mass is 16.5. The van der Waals surface area contributed by atoms with Crippen LogP contribution in [0.4, 0.5) is 0 Å². The van der Waals surface area contributed by atoms with Crippen LogP contribution in [0.3, 0.4) is 0 Å². The molecule has 0 bridgehead atoms. The van der Waals surface area contributed by atoms with Crippen molar-refractivity contribution in [3.8, 4) is 0 Å². The Labute approximate surface area is 80.0 Å². The maximum Gasteiger partial charge on any atom is 0.259 e. The topological polar surface area (TPSA) is 26.3 Å². The van der Waals surface area contributed by atoms with Crippen LogP contribution >= 0.6 is 0 Å². The van der Waals surface area contributed by atoms with E-state index < -0.39 is 0 Å². The van der Waals surface area contributed by atoms with Crippen molar-refractivity contribution in [2.45, 2.75) is 51.6 Å². The van der Waals surface area contributed by atoms with Gasteiger partial charge >= 0.3 is 0 Å². The summed E-state index contributed by atoms with van der Waals surface area (Å²) in [4.78, 5) is 9.97. The van der Waals surface area contributed by atoms with Crippen molar-refractivity contribution >= 4 is 5.94 Å². The predicted molar refractivity (Wildman–Crippen MR) is 50.7 cm³/mol. The lowest BCUT2D eigenvalue weighted by atomic mass is 9.79. The molecule has 1 aliphatic rings. The standard InChI is InChI=1S/C11H17O2/c1-11(2,13-9-8-12)10-6-4-3-5-7-10/h10H,3-7H2,1-2H3. The molecule has 0 aromatic heterocycles. The molecule has 0 amide bonds. The van der Waals surface area contributed by atoms with Crippen molar-refractivity contribution in [1.82, 2.24) is 0 Å². The van der Waals surface area contributed by atoms with E-state index >= 15 is 0 Å². The van der Waals surface area contributed by atoms with Crippen molar-refractivity contribution in [1.29, 1.82) is 0 Å². The first-order chi connectivity index (χ1) is 6.17. The molecule has 0 aliphatic heterocycles. The van der Waals surface area contributed by atoms with Gasteiger partial charge in [0.1, 0.15) is 5.60 Å². The molecule has 1 fully saturated rings. The SMILES string of the molecule is CC(C)(O[C]=C=O)C1CCCCC1. The highest BCUT2D eigenvalue weighted by Gasteiger charge is 2.31. The smallest absolute Gasteiger partial charge is 0.259 e. The summed E-state index contributed by atoms with van der Waals surface area (Å²) in [5.41, 5.74) is -0.252. The Hall–Kier alpha value is -0.750. The summed E-state index contributed by atoms with van der Waals surface area (Å²) in [6, 6.07) is 0. The second-order valence-electron chi connectivity index (χ2n) is 4.24. The van der Waals surface area contributed by atoms with Crippen LogP contribution in [0.1, 0.15) is 46.0 Å². The number of rotatable bonds is 3. The van der Waals surface area contributed by atoms with Crippen LogP contribution in [-0.4, -0.2) is 11.5 Å². The molecule has 1 rings (SSSR count). The highest BCUT2D eigenvalue weighted by Crippen LogP contribution is 2.34. The van der Waals surface area contributed by atoms with Gasteiger partial charge < -0.3 is 4.74 Å². The minimum atomic E-state index is -0.252. The molecule has 1 aliphatic carbocycles. The zero-order chi connectivity index (χ0) is 9.73. The Morgan fingerprint density at radius 2 is 1.85 bits per heavy atom. The quantitative estimate of drug-likeness (QED) is 0.494. The first-order valence-electron chi connectivity index (χ1n) is 4.97. The van der Waals surface area contributed by atoms with Crippen molar-refractivity contribution in [3.63, 3.8) is 0 Å². The third-order valence-electron chi connectivity index (χ3n) is 2.94. The van der Waals surface area contributed by atoms with Gasteiger partial charge in [-0.25, -0.2) is 4.79 Å². The lowest BCUT2D eigenvalue weighted by Crippen LogP contribution is -2.34. The largest absolute Gasteiger partial charge is 0.474 e. The van der Waals surface area contributed by atoms with Crippen LogP contribution < -0.4 is 0 Å². The molecular formula is C11H17O2. The summed E-state index contributed by atoms with van der Waals surface area (Å²) in [6.07, 6.45) is 8.48. The molecule has 73 valence electrons. The molecule has 0 aromatic rings. The van der Waals surface area contributed by atoms with Gasteiger partial charge in [-0.05, 0) is 32.6 Å². The van der Waals surface area contributed by atoms with Crippen molar-refractivity contribution in [2.75, 3.05) is 0 Å². The van der Waals surface area contributed by atoms with Gasteiger partial charge in [0, 0.05) is 0 Å². The van der Waals surface area contributed by atoms with Crippen molar-refractivity contribution in [2.24, 2.45) is 5.92 Å². The summed E-state index contributed by atoms with van der Waals surface area (Å²) in [5, 5.41) is 0. The Morgan fingerprint density at radius 1 is 1.23 bits per heavy atom. The minimum absolute atomic E-state index is 0.252. The van der Waals surface area contributed by atoms with E-state index in [2.05, 4.69) is 6.26 Å². The molecule has 0 saturated heterocycles. The maximum atomic E-state index is 9.97. The fraction of sp³-hybridized carbons (Fsp3) is 0.818. The average molecular weight is 181 g/mol. The van der Waals surface area contributed by atoms with Gasteiger partial charge in [-0.1, -0.05) is 19.3 Å². The lowest BCUT2D eigenvalue weighted by molar-refractivity contribution is -0.0223. The Kier molecular flexibility index (Phi) is 3.56. The van der Waals surface area contributed by atoms with E-state index in [4.69, 9.17) is 4.74 Å². The normalized spacial score (nSPS) is 19.2. The first kappa shape index (κ1) is 10.3. The van der Waals surface area contributed by atoms with E-state index in [1.807, 2.05) is 13.8 Å². The van der Waals surface area contributed by atoms with Crippen LogP contribution in [-0.2, 0) is 9.53 Å². The second-order valence-corrected chi connectivity index (χ2v) is 4.24. The van der Waals surface area contributed by atoms with Gasteiger partial charge in [0.05, 0.1) is 0 Å². The summed E-state index contributed by atoms with van der Waals surface area (Å²) in [7, 11) is 0. The molecule has 0 heterocycles. The molecule has 0 atom stereocenters. The van der Waals surface area contributed by atoms with E-state index in [1.165, 1.54) is 32.1 Å². The van der Waals surface area contributed by atoms with E-state index in [9.17, 15) is 4.79 Å². The van der Waals surface area contributed by atoms with E-state index in [0.717, 1.165) is 0 Å². The summed E-state index contributed by atoms with van der Waals surface area (Å²) >= 11 is 0. The Balaban J connectivity index is 2.50. The highest BCUT2D eigenvalue weighted by molar-refractivity contribution is 5.38. The summed E-state index contributed by atoms with van der Waals surface area (Å²) < 4.78 is 5.24. The van der Waals surface area contributed by atoms with Gasteiger partial charge in [0.15, 0.2) is 5.94 Å². The summed E-state index contributed by atoms with van der Waals surface area (Å²) in [5.74, 6) is 2.10. The Morgan fingerprint density at radius 3 is 2.38 bits per heavy atom. The molecule has 2 heteroatoms. The molecule has 13 heavy (non-hydrogen) atoms. The van der Waals surface area contributed by atoms with Crippen LogP contribution in [0, 0.1) is 12.2 Å². The van der Waals surface area contributed by atoms with E-state index in [0.29, 0.717) is 5.92 Å². The van der Waals surface area contributed by atoms with Crippen LogP contribution in [0.25, 0.3) is 0 Å². The molecular weight excluding hydrogens is 164 g/mol. The predicted octanol–water partition coefficient (Wildman–Crippen LogP) is 2.51. The number of hydrogen-bond donors (Lipinski definition) is 0. The molecule has 1 saturated carbocycles. The fourth-order valence-electron chi connectivity index (χ4n) is 2.03.